The number of rotatable bonds is 6. The maximum atomic E-state index is 6.49. The minimum atomic E-state index is 0.591. The van der Waals surface area contributed by atoms with Crippen molar-refractivity contribution in [1.29, 1.82) is 0 Å². The molecule has 53 heavy (non-hydrogen) atoms. The smallest absolute Gasteiger partial charge is 0.164 e. The van der Waals surface area contributed by atoms with Gasteiger partial charge in [-0.05, 0) is 74.5 Å². The van der Waals surface area contributed by atoms with Crippen LogP contribution in [0.25, 0.3) is 100 Å². The lowest BCUT2D eigenvalue weighted by Crippen LogP contribution is -2.01. The zero-order valence-electron chi connectivity index (χ0n) is 28.6. The molecule has 8 aromatic carbocycles. The molecule has 248 valence electrons. The normalized spacial score (nSPS) is 11.4. The van der Waals surface area contributed by atoms with Crippen LogP contribution in [0.4, 0.5) is 0 Å². The third-order valence-electron chi connectivity index (χ3n) is 9.94. The van der Waals surface area contributed by atoms with Gasteiger partial charge in [0.15, 0.2) is 17.5 Å². The summed E-state index contributed by atoms with van der Waals surface area (Å²) < 4.78 is 6.49. The van der Waals surface area contributed by atoms with Crippen LogP contribution in [0.2, 0.25) is 0 Å². The van der Waals surface area contributed by atoms with Crippen molar-refractivity contribution < 1.29 is 4.42 Å². The van der Waals surface area contributed by atoms with Crippen LogP contribution in [0, 0.1) is 0 Å². The average Bonchev–Trinajstić information content (AvgIpc) is 3.62. The largest absolute Gasteiger partial charge is 0.456 e. The highest BCUT2D eigenvalue weighted by Crippen LogP contribution is 2.40. The Kier molecular flexibility index (Phi) is 7.43. The van der Waals surface area contributed by atoms with Gasteiger partial charge in [0.1, 0.15) is 11.2 Å². The summed E-state index contributed by atoms with van der Waals surface area (Å²) in [6.07, 6.45) is 0. The molecule has 0 saturated heterocycles. The number of hydrogen-bond acceptors (Lipinski definition) is 4. The first-order valence-corrected chi connectivity index (χ1v) is 17.8. The van der Waals surface area contributed by atoms with Crippen LogP contribution in [0.3, 0.4) is 0 Å². The molecule has 0 saturated carbocycles. The summed E-state index contributed by atoms with van der Waals surface area (Å²) in [5.41, 5.74) is 11.1. The molecule has 2 heterocycles. The van der Waals surface area contributed by atoms with Gasteiger partial charge in [-0.15, -0.1) is 0 Å². The van der Waals surface area contributed by atoms with Crippen LogP contribution in [0.1, 0.15) is 0 Å². The average molecular weight is 678 g/mol. The first kappa shape index (κ1) is 30.6. The fourth-order valence-corrected chi connectivity index (χ4v) is 7.31. The highest BCUT2D eigenvalue weighted by atomic mass is 16.3. The van der Waals surface area contributed by atoms with E-state index in [1.807, 2.05) is 48.5 Å². The predicted molar refractivity (Wildman–Crippen MR) is 217 cm³/mol. The molecule has 0 aliphatic heterocycles. The zero-order valence-corrected chi connectivity index (χ0v) is 28.6. The van der Waals surface area contributed by atoms with Gasteiger partial charge in [-0.2, -0.15) is 0 Å². The molecule has 0 fully saturated rings. The summed E-state index contributed by atoms with van der Waals surface area (Å²) >= 11 is 0. The van der Waals surface area contributed by atoms with E-state index in [1.165, 1.54) is 10.8 Å². The van der Waals surface area contributed by atoms with Crippen molar-refractivity contribution in [2.24, 2.45) is 0 Å². The van der Waals surface area contributed by atoms with Gasteiger partial charge in [0, 0.05) is 27.5 Å². The quantitative estimate of drug-likeness (QED) is 0.176. The topological polar surface area (TPSA) is 51.8 Å². The SMILES string of the molecule is c1ccc(-c2ccc3c(c2)oc2cccc(-c4nc(-c5ccccc5)nc(-c5ccc(-c6ccccc6)c(-c6ccc7ccccc7c6)c5)n4)c23)cc1. The third kappa shape index (κ3) is 5.63. The summed E-state index contributed by atoms with van der Waals surface area (Å²) in [6, 6.07) is 65.2. The van der Waals surface area contributed by atoms with E-state index in [0.717, 1.165) is 72.0 Å². The molecular formula is C49H31N3O. The molecule has 10 aromatic rings. The molecule has 2 aromatic heterocycles. The fraction of sp³-hybridized carbons (Fsp3) is 0. The van der Waals surface area contributed by atoms with Crippen molar-refractivity contribution in [3.63, 3.8) is 0 Å². The van der Waals surface area contributed by atoms with Crippen LogP contribution >= 0.6 is 0 Å². The second-order valence-corrected chi connectivity index (χ2v) is 13.2. The Hall–Kier alpha value is -7.17. The van der Waals surface area contributed by atoms with Gasteiger partial charge in [-0.25, -0.2) is 15.0 Å². The maximum absolute atomic E-state index is 6.49. The van der Waals surface area contributed by atoms with Crippen LogP contribution in [0.15, 0.2) is 192 Å². The Bertz CT molecular complexity index is 2940. The molecule has 4 nitrogen and oxygen atoms in total. The second-order valence-electron chi connectivity index (χ2n) is 13.2. The van der Waals surface area contributed by atoms with E-state index < -0.39 is 0 Å². The highest BCUT2D eigenvalue weighted by molar-refractivity contribution is 6.12. The van der Waals surface area contributed by atoms with E-state index in [4.69, 9.17) is 19.4 Å². The molecule has 0 aliphatic rings. The van der Waals surface area contributed by atoms with Crippen molar-refractivity contribution >= 4 is 32.7 Å². The summed E-state index contributed by atoms with van der Waals surface area (Å²) in [5.74, 6) is 1.81. The maximum Gasteiger partial charge on any atom is 0.164 e. The summed E-state index contributed by atoms with van der Waals surface area (Å²) in [6.45, 7) is 0. The molecule has 0 amide bonds. The van der Waals surface area contributed by atoms with Crippen LogP contribution < -0.4 is 0 Å². The Morgan fingerprint density at radius 1 is 0.302 bits per heavy atom. The first-order valence-electron chi connectivity index (χ1n) is 17.8. The molecule has 4 heteroatoms. The Morgan fingerprint density at radius 2 is 0.925 bits per heavy atom. The van der Waals surface area contributed by atoms with Crippen LogP contribution in [-0.4, -0.2) is 15.0 Å². The minimum Gasteiger partial charge on any atom is -0.456 e. The lowest BCUT2D eigenvalue weighted by Gasteiger charge is -2.14. The van der Waals surface area contributed by atoms with Gasteiger partial charge >= 0.3 is 0 Å². The van der Waals surface area contributed by atoms with Crippen molar-refractivity contribution in [3.8, 4) is 67.5 Å². The standard InChI is InChI=1S/C49H31N3O/c1-4-13-32(14-5-1)37-25-28-41-45(31-37)53-44-22-12-21-42(46(41)44)49-51-47(35-18-8-3-9-19-35)50-48(52-49)39-26-27-40(34-16-6-2-7-17-34)43(30-39)38-24-23-33-15-10-11-20-36(33)29-38/h1-31H. The molecule has 0 spiro atoms. The van der Waals surface area contributed by atoms with Gasteiger partial charge in [0.2, 0.25) is 0 Å². The summed E-state index contributed by atoms with van der Waals surface area (Å²) in [4.78, 5) is 15.5. The van der Waals surface area contributed by atoms with Crippen molar-refractivity contribution in [1.82, 2.24) is 15.0 Å². The molecule has 0 atom stereocenters. The Morgan fingerprint density at radius 3 is 1.70 bits per heavy atom. The Balaban J connectivity index is 1.17. The molecule has 10 rings (SSSR count). The van der Waals surface area contributed by atoms with Gasteiger partial charge in [-0.3, -0.25) is 0 Å². The molecule has 0 unspecified atom stereocenters. The minimum absolute atomic E-state index is 0.591. The lowest BCUT2D eigenvalue weighted by molar-refractivity contribution is 0.669. The molecule has 0 bridgehead atoms. The van der Waals surface area contributed by atoms with E-state index >= 15 is 0 Å². The molecule has 0 radical (unpaired) electrons. The zero-order chi connectivity index (χ0) is 35.1. The predicted octanol–water partition coefficient (Wildman–Crippen LogP) is 12.9. The van der Waals surface area contributed by atoms with E-state index in [0.29, 0.717) is 17.5 Å². The first-order chi connectivity index (χ1) is 26.2. The molecule has 0 N–H and O–H groups in total. The number of nitrogens with zero attached hydrogens (tertiary/aromatic N) is 3. The summed E-state index contributed by atoms with van der Waals surface area (Å²) in [5, 5.41) is 4.40. The second kappa shape index (κ2) is 12.9. The monoisotopic (exact) mass is 677 g/mol. The third-order valence-corrected chi connectivity index (χ3v) is 9.94. The van der Waals surface area contributed by atoms with Gasteiger partial charge in [0.05, 0.1) is 0 Å². The number of furan rings is 1. The van der Waals surface area contributed by atoms with Gasteiger partial charge in [0.25, 0.3) is 0 Å². The summed E-state index contributed by atoms with van der Waals surface area (Å²) in [7, 11) is 0. The number of hydrogen-bond donors (Lipinski definition) is 0. The van der Waals surface area contributed by atoms with Crippen LogP contribution in [-0.2, 0) is 0 Å². The van der Waals surface area contributed by atoms with E-state index in [2.05, 4.69) is 140 Å². The van der Waals surface area contributed by atoms with E-state index in [9.17, 15) is 0 Å². The number of fused-ring (bicyclic) bond motifs is 4. The van der Waals surface area contributed by atoms with E-state index in [1.54, 1.807) is 0 Å². The van der Waals surface area contributed by atoms with Crippen molar-refractivity contribution in [3.05, 3.63) is 188 Å². The fourth-order valence-electron chi connectivity index (χ4n) is 7.31. The van der Waals surface area contributed by atoms with Crippen LogP contribution in [0.5, 0.6) is 0 Å². The highest BCUT2D eigenvalue weighted by Gasteiger charge is 2.19. The lowest BCUT2D eigenvalue weighted by atomic mass is 9.91. The number of aromatic nitrogens is 3. The molecule has 0 aliphatic carbocycles. The van der Waals surface area contributed by atoms with Crippen molar-refractivity contribution in [2.45, 2.75) is 0 Å². The van der Waals surface area contributed by atoms with Gasteiger partial charge in [-0.1, -0.05) is 158 Å². The number of benzene rings is 8. The van der Waals surface area contributed by atoms with E-state index in [-0.39, 0.29) is 0 Å². The molecular weight excluding hydrogens is 647 g/mol. The van der Waals surface area contributed by atoms with Crippen molar-refractivity contribution in [2.75, 3.05) is 0 Å². The van der Waals surface area contributed by atoms with Gasteiger partial charge < -0.3 is 4.42 Å². The Labute approximate surface area is 306 Å².